The zero-order valence-corrected chi connectivity index (χ0v) is 15.8. The minimum absolute atomic E-state index is 0.0291. The van der Waals surface area contributed by atoms with Crippen LogP contribution in [0.5, 0.6) is 0 Å². The maximum Gasteiger partial charge on any atom is 0.253 e. The maximum atomic E-state index is 12.6. The van der Waals surface area contributed by atoms with Crippen LogP contribution in [-0.2, 0) is 24.8 Å². The van der Waals surface area contributed by atoms with Crippen LogP contribution in [0.2, 0.25) is 0 Å². The summed E-state index contributed by atoms with van der Waals surface area (Å²) in [6.07, 6.45) is 5.89. The van der Waals surface area contributed by atoms with Crippen LogP contribution < -0.4 is 0 Å². The second-order valence-electron chi connectivity index (χ2n) is 6.02. The summed E-state index contributed by atoms with van der Waals surface area (Å²) in [5.74, 6) is 0.598. The van der Waals surface area contributed by atoms with Gasteiger partial charge in [0.1, 0.15) is 0 Å². The lowest BCUT2D eigenvalue weighted by Gasteiger charge is -2.18. The number of carbonyl (C=O) groups is 1. The first kappa shape index (κ1) is 17.4. The molecule has 0 aliphatic heterocycles. The molecule has 0 N–H and O–H groups in total. The summed E-state index contributed by atoms with van der Waals surface area (Å²) in [4.78, 5) is 23.2. The molecule has 9 heteroatoms. The van der Waals surface area contributed by atoms with E-state index >= 15 is 0 Å². The Kier molecular flexibility index (Phi) is 4.76. The number of aromatic nitrogens is 6. The van der Waals surface area contributed by atoms with E-state index in [1.54, 1.807) is 27.3 Å². The van der Waals surface area contributed by atoms with Crippen molar-refractivity contribution in [2.75, 3.05) is 13.3 Å². The van der Waals surface area contributed by atoms with E-state index in [0.29, 0.717) is 17.5 Å². The molecule has 3 rings (SSSR count). The Morgan fingerprint density at radius 1 is 1.32 bits per heavy atom. The first-order chi connectivity index (χ1) is 11.9. The van der Waals surface area contributed by atoms with Crippen molar-refractivity contribution in [3.8, 4) is 0 Å². The number of likely N-dealkylation sites (N-methyl/N-ethyl adjacent to an activating group) is 1. The number of aryl methyl sites for hydroxylation is 3. The molecule has 0 fully saturated rings. The van der Waals surface area contributed by atoms with E-state index < -0.39 is 0 Å². The van der Waals surface area contributed by atoms with E-state index in [9.17, 15) is 4.79 Å². The summed E-state index contributed by atoms with van der Waals surface area (Å²) in [6.45, 7) is 4.38. The molecule has 3 heterocycles. The van der Waals surface area contributed by atoms with Crippen LogP contribution in [0.25, 0.3) is 5.78 Å². The molecule has 8 nitrogen and oxygen atoms in total. The number of hydrogen-bond donors (Lipinski definition) is 0. The second kappa shape index (κ2) is 6.83. The zero-order chi connectivity index (χ0) is 18.1. The Morgan fingerprint density at radius 2 is 2.08 bits per heavy atom. The molecule has 0 saturated heterocycles. The molecule has 0 radical (unpaired) electrons. The minimum Gasteiger partial charge on any atom is -0.341 e. The van der Waals surface area contributed by atoms with Crippen molar-refractivity contribution in [2.45, 2.75) is 32.0 Å². The molecular formula is C16H21N7OS. The van der Waals surface area contributed by atoms with E-state index in [2.05, 4.69) is 20.2 Å². The van der Waals surface area contributed by atoms with Gasteiger partial charge in [0.2, 0.25) is 11.1 Å². The largest absolute Gasteiger partial charge is 0.341 e. The highest BCUT2D eigenvalue weighted by atomic mass is 32.2. The van der Waals surface area contributed by atoms with E-state index in [1.165, 1.54) is 11.8 Å². The number of nitrogens with zero attached hydrogens (tertiary/aromatic N) is 7. The van der Waals surface area contributed by atoms with Gasteiger partial charge in [0.15, 0.2) is 0 Å². The van der Waals surface area contributed by atoms with Crippen molar-refractivity contribution in [3.05, 3.63) is 34.9 Å². The quantitative estimate of drug-likeness (QED) is 0.641. The number of hydrogen-bond acceptors (Lipinski definition) is 6. The minimum atomic E-state index is 0.0291. The van der Waals surface area contributed by atoms with E-state index in [-0.39, 0.29) is 12.3 Å². The highest BCUT2D eigenvalue weighted by Gasteiger charge is 2.18. The van der Waals surface area contributed by atoms with Crippen molar-refractivity contribution >= 4 is 23.4 Å². The van der Waals surface area contributed by atoms with Crippen molar-refractivity contribution in [3.63, 3.8) is 0 Å². The summed E-state index contributed by atoms with van der Waals surface area (Å²) >= 11 is 1.47. The van der Waals surface area contributed by atoms with Gasteiger partial charge in [0.05, 0.1) is 12.6 Å². The van der Waals surface area contributed by atoms with E-state index in [0.717, 1.165) is 22.5 Å². The van der Waals surface area contributed by atoms with Crippen molar-refractivity contribution in [2.24, 2.45) is 7.05 Å². The fourth-order valence-electron chi connectivity index (χ4n) is 2.73. The van der Waals surface area contributed by atoms with Crippen molar-refractivity contribution in [1.82, 2.24) is 34.3 Å². The molecule has 0 unspecified atom stereocenters. The smallest absolute Gasteiger partial charge is 0.253 e. The summed E-state index contributed by atoms with van der Waals surface area (Å²) < 4.78 is 3.44. The second-order valence-corrected chi connectivity index (χ2v) is 6.79. The SMILES string of the molecule is CSc1nc2nc(C)c(CC(=O)N(C)Cc3cnn(C)c3)c(C)n2n1. The summed E-state index contributed by atoms with van der Waals surface area (Å²) in [6, 6.07) is 0. The zero-order valence-electron chi connectivity index (χ0n) is 15.0. The van der Waals surface area contributed by atoms with Crippen LogP contribution in [0.3, 0.4) is 0 Å². The fourth-order valence-corrected chi connectivity index (χ4v) is 3.07. The Labute approximate surface area is 150 Å². The lowest BCUT2D eigenvalue weighted by atomic mass is 10.1. The van der Waals surface area contributed by atoms with E-state index in [4.69, 9.17) is 0 Å². The first-order valence-corrected chi connectivity index (χ1v) is 9.10. The fraction of sp³-hybridized carbons (Fsp3) is 0.438. The number of carbonyl (C=O) groups excluding carboxylic acids is 1. The molecule has 0 aliphatic rings. The Morgan fingerprint density at radius 3 is 2.72 bits per heavy atom. The first-order valence-electron chi connectivity index (χ1n) is 7.87. The third kappa shape index (κ3) is 3.51. The van der Waals surface area contributed by atoms with Gasteiger partial charge in [-0.15, -0.1) is 5.10 Å². The number of amides is 1. The predicted octanol–water partition coefficient (Wildman–Crippen LogP) is 1.40. The summed E-state index contributed by atoms with van der Waals surface area (Å²) in [7, 11) is 3.66. The van der Waals surface area contributed by atoms with Crippen LogP contribution in [-0.4, -0.2) is 53.5 Å². The maximum absolute atomic E-state index is 12.6. The molecule has 25 heavy (non-hydrogen) atoms. The van der Waals surface area contributed by atoms with E-state index in [1.807, 2.05) is 33.3 Å². The van der Waals surface area contributed by atoms with Crippen molar-refractivity contribution in [1.29, 1.82) is 0 Å². The molecule has 3 aromatic heterocycles. The standard InChI is InChI=1S/C16H21N7OS/c1-10-13(11(2)23-15(18-10)19-16(20-23)25-5)6-14(24)21(3)8-12-7-17-22(4)9-12/h7,9H,6,8H2,1-5H3. The number of rotatable bonds is 5. The van der Waals surface area contributed by atoms with Gasteiger partial charge >= 0.3 is 0 Å². The third-order valence-electron chi connectivity index (χ3n) is 4.14. The van der Waals surface area contributed by atoms with Gasteiger partial charge < -0.3 is 4.90 Å². The molecule has 0 spiro atoms. The average Bonchev–Trinajstić information content (AvgIpc) is 3.17. The molecular weight excluding hydrogens is 338 g/mol. The van der Waals surface area contributed by atoms with Crippen LogP contribution in [0.1, 0.15) is 22.5 Å². The predicted molar refractivity (Wildman–Crippen MR) is 95.4 cm³/mol. The van der Waals surface area contributed by atoms with Gasteiger partial charge in [-0.3, -0.25) is 9.48 Å². The number of thioether (sulfide) groups is 1. The topological polar surface area (TPSA) is 81.2 Å². The Bertz CT molecular complexity index is 930. The van der Waals surface area contributed by atoms with Crippen LogP contribution in [0.15, 0.2) is 17.6 Å². The average molecular weight is 359 g/mol. The third-order valence-corrected chi connectivity index (χ3v) is 4.68. The molecule has 132 valence electrons. The number of fused-ring (bicyclic) bond motifs is 1. The van der Waals surface area contributed by atoms with Gasteiger partial charge in [0.25, 0.3) is 5.78 Å². The van der Waals surface area contributed by atoms with Gasteiger partial charge in [0, 0.05) is 49.4 Å². The van der Waals surface area contributed by atoms with Crippen molar-refractivity contribution < 1.29 is 4.79 Å². The van der Waals surface area contributed by atoms with Gasteiger partial charge in [-0.05, 0) is 20.1 Å². The molecule has 0 bridgehead atoms. The molecule has 0 saturated carbocycles. The summed E-state index contributed by atoms with van der Waals surface area (Å²) in [5, 5.41) is 9.23. The molecule has 0 aromatic carbocycles. The molecule has 0 aliphatic carbocycles. The normalized spacial score (nSPS) is 11.2. The molecule has 1 amide bonds. The molecule has 0 atom stereocenters. The van der Waals surface area contributed by atoms with Gasteiger partial charge in [-0.1, -0.05) is 11.8 Å². The van der Waals surface area contributed by atoms with Crippen LogP contribution in [0.4, 0.5) is 0 Å². The van der Waals surface area contributed by atoms with Gasteiger partial charge in [-0.2, -0.15) is 10.1 Å². The van der Waals surface area contributed by atoms with Crippen LogP contribution in [0, 0.1) is 13.8 Å². The Balaban J connectivity index is 1.82. The Hall–Kier alpha value is -2.42. The molecule has 3 aromatic rings. The lowest BCUT2D eigenvalue weighted by Crippen LogP contribution is -2.28. The monoisotopic (exact) mass is 359 g/mol. The van der Waals surface area contributed by atoms with Crippen LogP contribution >= 0.6 is 11.8 Å². The van der Waals surface area contributed by atoms with Gasteiger partial charge in [-0.25, -0.2) is 9.50 Å². The highest BCUT2D eigenvalue weighted by Crippen LogP contribution is 2.18. The lowest BCUT2D eigenvalue weighted by molar-refractivity contribution is -0.129. The summed E-state index contributed by atoms with van der Waals surface area (Å²) in [5.41, 5.74) is 3.61. The highest BCUT2D eigenvalue weighted by molar-refractivity contribution is 7.98.